The van der Waals surface area contributed by atoms with Crippen LogP contribution < -0.4 is 14.8 Å². The summed E-state index contributed by atoms with van der Waals surface area (Å²) in [6.07, 6.45) is -0.596. The second-order valence-electron chi connectivity index (χ2n) is 5.00. The molecule has 0 heterocycles. The highest BCUT2D eigenvalue weighted by atomic mass is 35.5. The first-order valence-electron chi connectivity index (χ1n) is 7.56. The van der Waals surface area contributed by atoms with Crippen molar-refractivity contribution in [2.24, 2.45) is 0 Å². The fourth-order valence-electron chi connectivity index (χ4n) is 1.98. The Labute approximate surface area is 151 Å². The van der Waals surface area contributed by atoms with Crippen LogP contribution in [0.15, 0.2) is 53.4 Å². The van der Waals surface area contributed by atoms with Gasteiger partial charge < -0.3 is 14.8 Å². The number of ether oxygens (including phenoxy) is 2. The Morgan fingerprint density at radius 2 is 1.83 bits per heavy atom. The normalized spacial score (nSPS) is 11.6. The number of carbonyl (C=O) groups is 1. The van der Waals surface area contributed by atoms with E-state index in [9.17, 15) is 4.79 Å². The zero-order valence-electron chi connectivity index (χ0n) is 13.6. The van der Waals surface area contributed by atoms with Gasteiger partial charge in [-0.05, 0) is 43.3 Å². The Morgan fingerprint density at radius 1 is 1.17 bits per heavy atom. The molecular weight excluding hydrogens is 346 g/mol. The maximum atomic E-state index is 12.1. The van der Waals surface area contributed by atoms with Crippen LogP contribution >= 0.6 is 23.4 Å². The van der Waals surface area contributed by atoms with Gasteiger partial charge in [-0.2, -0.15) is 0 Å². The summed E-state index contributed by atoms with van der Waals surface area (Å²) >= 11 is 7.51. The fourth-order valence-corrected chi connectivity index (χ4v) is 2.87. The molecule has 1 N–H and O–H groups in total. The molecule has 4 nitrogen and oxygen atoms in total. The van der Waals surface area contributed by atoms with Crippen molar-refractivity contribution in [3.05, 3.63) is 53.6 Å². The summed E-state index contributed by atoms with van der Waals surface area (Å²) < 4.78 is 10.9. The summed E-state index contributed by atoms with van der Waals surface area (Å²) in [6.45, 7) is 2.28. The van der Waals surface area contributed by atoms with Crippen LogP contribution in [0.25, 0.3) is 0 Å². The SMILES string of the molecule is COc1ccccc1O[C@H](C)C(=O)NCCSc1ccc(Cl)cc1. The molecule has 0 aliphatic rings. The Hall–Kier alpha value is -1.85. The zero-order chi connectivity index (χ0) is 17.4. The molecule has 1 atom stereocenters. The third-order valence-electron chi connectivity index (χ3n) is 3.23. The van der Waals surface area contributed by atoms with Crippen molar-refractivity contribution in [1.29, 1.82) is 0 Å². The van der Waals surface area contributed by atoms with Gasteiger partial charge in [0.05, 0.1) is 7.11 Å². The minimum Gasteiger partial charge on any atom is -0.493 e. The topological polar surface area (TPSA) is 47.6 Å². The van der Waals surface area contributed by atoms with Gasteiger partial charge in [0.15, 0.2) is 17.6 Å². The summed E-state index contributed by atoms with van der Waals surface area (Å²) in [6, 6.07) is 14.9. The molecule has 0 aromatic heterocycles. The fraction of sp³-hybridized carbons (Fsp3) is 0.278. The average molecular weight is 366 g/mol. The zero-order valence-corrected chi connectivity index (χ0v) is 15.2. The number of thioether (sulfide) groups is 1. The standard InChI is InChI=1S/C18H20ClNO3S/c1-13(23-17-6-4-3-5-16(17)22-2)18(21)20-11-12-24-15-9-7-14(19)8-10-15/h3-10,13H,11-12H2,1-2H3,(H,20,21)/t13-/m1/s1. The molecule has 0 unspecified atom stereocenters. The smallest absolute Gasteiger partial charge is 0.260 e. The quantitative estimate of drug-likeness (QED) is 0.567. The van der Waals surface area contributed by atoms with Crippen LogP contribution in [0, 0.1) is 0 Å². The lowest BCUT2D eigenvalue weighted by atomic mass is 10.3. The van der Waals surface area contributed by atoms with Crippen LogP contribution in [0.5, 0.6) is 11.5 Å². The van der Waals surface area contributed by atoms with Crippen molar-refractivity contribution in [3.8, 4) is 11.5 Å². The molecule has 2 aromatic rings. The van der Waals surface area contributed by atoms with E-state index in [1.54, 1.807) is 37.9 Å². The lowest BCUT2D eigenvalue weighted by Crippen LogP contribution is -2.37. The maximum absolute atomic E-state index is 12.1. The van der Waals surface area contributed by atoms with Gasteiger partial charge in [0.1, 0.15) is 0 Å². The molecule has 0 spiro atoms. The lowest BCUT2D eigenvalue weighted by molar-refractivity contribution is -0.127. The monoisotopic (exact) mass is 365 g/mol. The van der Waals surface area contributed by atoms with Gasteiger partial charge in [-0.15, -0.1) is 11.8 Å². The van der Waals surface area contributed by atoms with Gasteiger partial charge in [-0.1, -0.05) is 23.7 Å². The van der Waals surface area contributed by atoms with Gasteiger partial charge in [0, 0.05) is 22.2 Å². The lowest BCUT2D eigenvalue weighted by Gasteiger charge is -2.16. The second-order valence-corrected chi connectivity index (χ2v) is 6.61. The second kappa shape index (κ2) is 9.45. The van der Waals surface area contributed by atoms with Crippen molar-refractivity contribution in [2.45, 2.75) is 17.9 Å². The van der Waals surface area contributed by atoms with Crippen molar-refractivity contribution in [2.75, 3.05) is 19.4 Å². The first-order chi connectivity index (χ1) is 11.6. The van der Waals surface area contributed by atoms with Crippen molar-refractivity contribution in [1.82, 2.24) is 5.32 Å². The number of halogens is 1. The van der Waals surface area contributed by atoms with Crippen LogP contribution in [0.1, 0.15) is 6.92 Å². The highest BCUT2D eigenvalue weighted by Crippen LogP contribution is 2.26. The molecule has 2 aromatic carbocycles. The van der Waals surface area contributed by atoms with Crippen molar-refractivity contribution < 1.29 is 14.3 Å². The third-order valence-corrected chi connectivity index (χ3v) is 4.49. The Kier molecular flexibility index (Phi) is 7.28. The summed E-state index contributed by atoms with van der Waals surface area (Å²) in [5.41, 5.74) is 0. The number of para-hydroxylation sites is 2. The molecule has 128 valence electrons. The average Bonchev–Trinajstić information content (AvgIpc) is 2.60. The predicted octanol–water partition coefficient (Wildman–Crippen LogP) is 4.02. The van der Waals surface area contributed by atoms with Crippen LogP contribution in [0.2, 0.25) is 5.02 Å². The minimum absolute atomic E-state index is 0.155. The summed E-state index contributed by atoms with van der Waals surface area (Å²) in [5.74, 6) is 1.78. The number of benzene rings is 2. The molecule has 2 rings (SSSR count). The Morgan fingerprint density at radius 3 is 2.50 bits per heavy atom. The summed E-state index contributed by atoms with van der Waals surface area (Å²) in [4.78, 5) is 13.2. The van der Waals surface area contributed by atoms with Crippen LogP contribution in [-0.4, -0.2) is 31.4 Å². The molecule has 24 heavy (non-hydrogen) atoms. The molecular formula is C18H20ClNO3S. The number of methoxy groups -OCH3 is 1. The van der Waals surface area contributed by atoms with E-state index in [-0.39, 0.29) is 5.91 Å². The summed E-state index contributed by atoms with van der Waals surface area (Å²) in [7, 11) is 1.57. The van der Waals surface area contributed by atoms with Gasteiger partial charge in [0.25, 0.3) is 5.91 Å². The molecule has 0 aliphatic heterocycles. The van der Waals surface area contributed by atoms with E-state index >= 15 is 0 Å². The number of nitrogens with one attached hydrogen (secondary N) is 1. The first kappa shape index (κ1) is 18.5. The van der Waals surface area contributed by atoms with E-state index in [0.717, 1.165) is 15.7 Å². The Balaban J connectivity index is 1.74. The minimum atomic E-state index is -0.596. The number of rotatable bonds is 8. The molecule has 0 fully saturated rings. The van der Waals surface area contributed by atoms with Gasteiger partial charge >= 0.3 is 0 Å². The van der Waals surface area contributed by atoms with E-state index < -0.39 is 6.10 Å². The Bertz CT molecular complexity index is 664. The van der Waals surface area contributed by atoms with Crippen molar-refractivity contribution >= 4 is 29.3 Å². The first-order valence-corrected chi connectivity index (χ1v) is 8.92. The highest BCUT2D eigenvalue weighted by Gasteiger charge is 2.16. The molecule has 0 radical (unpaired) electrons. The molecule has 6 heteroatoms. The number of hydrogen-bond donors (Lipinski definition) is 1. The van der Waals surface area contributed by atoms with E-state index in [1.165, 1.54) is 0 Å². The highest BCUT2D eigenvalue weighted by molar-refractivity contribution is 7.99. The number of hydrogen-bond acceptors (Lipinski definition) is 4. The molecule has 0 bridgehead atoms. The van der Waals surface area contributed by atoms with Crippen LogP contribution in [0.4, 0.5) is 0 Å². The van der Waals surface area contributed by atoms with E-state index in [2.05, 4.69) is 5.32 Å². The van der Waals surface area contributed by atoms with Gasteiger partial charge in [-0.25, -0.2) is 0 Å². The van der Waals surface area contributed by atoms with E-state index in [0.29, 0.717) is 18.0 Å². The van der Waals surface area contributed by atoms with E-state index in [1.807, 2.05) is 36.4 Å². The maximum Gasteiger partial charge on any atom is 0.260 e. The van der Waals surface area contributed by atoms with Gasteiger partial charge in [0.2, 0.25) is 0 Å². The van der Waals surface area contributed by atoms with Gasteiger partial charge in [-0.3, -0.25) is 4.79 Å². The number of carbonyl (C=O) groups excluding carboxylic acids is 1. The number of amides is 1. The molecule has 0 aliphatic carbocycles. The largest absolute Gasteiger partial charge is 0.493 e. The van der Waals surface area contributed by atoms with Crippen LogP contribution in [0.3, 0.4) is 0 Å². The summed E-state index contributed by atoms with van der Waals surface area (Å²) in [5, 5.41) is 3.59. The van der Waals surface area contributed by atoms with Crippen LogP contribution in [-0.2, 0) is 4.79 Å². The molecule has 0 saturated carbocycles. The van der Waals surface area contributed by atoms with Crippen molar-refractivity contribution in [3.63, 3.8) is 0 Å². The van der Waals surface area contributed by atoms with E-state index in [4.69, 9.17) is 21.1 Å². The third kappa shape index (κ3) is 5.65. The predicted molar refractivity (Wildman–Crippen MR) is 98.3 cm³/mol. The molecule has 1 amide bonds. The molecule has 0 saturated heterocycles.